The average Bonchev–Trinajstić information content (AvgIpc) is 3.29. The maximum Gasteiger partial charge on any atom is 0.231 e. The molecule has 0 radical (unpaired) electrons. The van der Waals surface area contributed by atoms with E-state index in [0.717, 1.165) is 18.6 Å². The number of nitrogens with one attached hydrogen (secondary N) is 1. The number of fused-ring (bicyclic) bond motifs is 2. The number of nitrogens with zero attached hydrogens (tertiary/aromatic N) is 4. The van der Waals surface area contributed by atoms with Gasteiger partial charge in [0.25, 0.3) is 0 Å². The Kier molecular flexibility index (Phi) is 5.52. The van der Waals surface area contributed by atoms with Gasteiger partial charge in [-0.3, -0.25) is 0 Å². The van der Waals surface area contributed by atoms with E-state index in [1.54, 1.807) is 18.3 Å². The van der Waals surface area contributed by atoms with Gasteiger partial charge in [-0.05, 0) is 28.4 Å². The zero-order valence-corrected chi connectivity index (χ0v) is 18.0. The predicted octanol–water partition coefficient (Wildman–Crippen LogP) is 3.93. The van der Waals surface area contributed by atoms with E-state index in [1.165, 1.54) is 11.8 Å². The number of benzene rings is 1. The summed E-state index contributed by atoms with van der Waals surface area (Å²) in [6, 6.07) is 5.24. The van der Waals surface area contributed by atoms with Crippen molar-refractivity contribution in [2.24, 2.45) is 10.6 Å². The first-order chi connectivity index (χ1) is 14.4. The second-order valence-corrected chi connectivity index (χ2v) is 9.22. The predicted molar refractivity (Wildman–Crippen MR) is 116 cm³/mol. The Morgan fingerprint density at radius 3 is 2.80 bits per heavy atom. The van der Waals surface area contributed by atoms with Crippen LogP contribution in [0.5, 0.6) is 11.5 Å². The first kappa shape index (κ1) is 20.4. The molecule has 0 fully saturated rings. The quantitative estimate of drug-likeness (QED) is 0.429. The van der Waals surface area contributed by atoms with E-state index in [-0.39, 0.29) is 17.9 Å². The third kappa shape index (κ3) is 4.19. The van der Waals surface area contributed by atoms with Crippen molar-refractivity contribution in [1.82, 2.24) is 19.9 Å². The number of ether oxygens (including phenoxy) is 2. The van der Waals surface area contributed by atoms with Gasteiger partial charge >= 0.3 is 0 Å². The number of nitroso groups, excluding NO2 is 1. The monoisotopic (exact) mass is 428 g/mol. The number of nitrogens with two attached hydrogens (primary N) is 1. The summed E-state index contributed by atoms with van der Waals surface area (Å²) in [7, 11) is 0. The van der Waals surface area contributed by atoms with Gasteiger partial charge in [-0.15, -0.1) is 4.91 Å². The standard InChI is InChI=1S/C20H24N6O3S/c1-20(2,3)10-22-6-7-26-13-4-5-23-18(21)17(13)24-19(26)30-16-9-15-14(28-11-29-15)8-12(16)25-27/h4-5,8-9,22H,6-7,10-11H2,1-3H3,(H2,21,23). The SMILES string of the molecule is CC(C)(C)CNCCn1c(Sc2cc3c(cc2N=O)OCO3)nc2c(N)nccc21. The molecule has 0 aliphatic carbocycles. The van der Waals surface area contributed by atoms with Crippen LogP contribution in [0.15, 0.2) is 39.6 Å². The van der Waals surface area contributed by atoms with Gasteiger partial charge in [0, 0.05) is 42.9 Å². The molecule has 10 heteroatoms. The number of hydrogen-bond acceptors (Lipinski definition) is 9. The fraction of sp³-hybridized carbons (Fsp3) is 0.400. The molecule has 1 aliphatic rings. The Hall–Kier alpha value is -2.85. The highest BCUT2D eigenvalue weighted by atomic mass is 32.2. The number of pyridine rings is 1. The average molecular weight is 429 g/mol. The van der Waals surface area contributed by atoms with Crippen LogP contribution in [0.2, 0.25) is 0 Å². The van der Waals surface area contributed by atoms with Crippen LogP contribution in [0.1, 0.15) is 20.8 Å². The molecule has 158 valence electrons. The largest absolute Gasteiger partial charge is 0.454 e. The topological polar surface area (TPSA) is 117 Å². The van der Waals surface area contributed by atoms with Crippen molar-refractivity contribution in [2.45, 2.75) is 37.4 Å². The van der Waals surface area contributed by atoms with Gasteiger partial charge in [-0.2, -0.15) is 0 Å². The smallest absolute Gasteiger partial charge is 0.231 e. The second-order valence-electron chi connectivity index (χ2n) is 8.21. The minimum Gasteiger partial charge on any atom is -0.454 e. The second kappa shape index (κ2) is 8.11. The van der Waals surface area contributed by atoms with Crippen molar-refractivity contribution in [3.63, 3.8) is 0 Å². The molecule has 3 aromatic rings. The maximum absolute atomic E-state index is 11.4. The summed E-state index contributed by atoms with van der Waals surface area (Å²) in [6.07, 6.45) is 1.67. The van der Waals surface area contributed by atoms with Crippen LogP contribution in [0, 0.1) is 10.3 Å². The molecule has 3 N–H and O–H groups in total. The van der Waals surface area contributed by atoms with Crippen molar-refractivity contribution in [3.05, 3.63) is 29.3 Å². The van der Waals surface area contributed by atoms with Gasteiger partial charge < -0.3 is 25.1 Å². The first-order valence-electron chi connectivity index (χ1n) is 9.62. The number of anilines is 1. The highest BCUT2D eigenvalue weighted by Gasteiger charge is 2.21. The van der Waals surface area contributed by atoms with E-state index < -0.39 is 0 Å². The minimum atomic E-state index is 0.127. The number of aromatic nitrogens is 3. The van der Waals surface area contributed by atoms with Crippen LogP contribution in [0.3, 0.4) is 0 Å². The molecule has 0 saturated carbocycles. The molecule has 0 saturated heterocycles. The highest BCUT2D eigenvalue weighted by molar-refractivity contribution is 7.99. The van der Waals surface area contributed by atoms with Gasteiger partial charge in [0.2, 0.25) is 6.79 Å². The third-order valence-corrected chi connectivity index (χ3v) is 5.62. The zero-order chi connectivity index (χ0) is 21.3. The van der Waals surface area contributed by atoms with E-state index in [2.05, 4.69) is 40.8 Å². The van der Waals surface area contributed by atoms with Crippen LogP contribution < -0.4 is 20.5 Å². The zero-order valence-electron chi connectivity index (χ0n) is 17.1. The molecule has 1 aliphatic heterocycles. The first-order valence-corrected chi connectivity index (χ1v) is 10.4. The summed E-state index contributed by atoms with van der Waals surface area (Å²) >= 11 is 1.34. The molecule has 0 amide bonds. The van der Waals surface area contributed by atoms with E-state index in [0.29, 0.717) is 39.4 Å². The number of nitrogen functional groups attached to an aromatic ring is 1. The molecular weight excluding hydrogens is 404 g/mol. The summed E-state index contributed by atoms with van der Waals surface area (Å²) in [5, 5.41) is 7.34. The fourth-order valence-electron chi connectivity index (χ4n) is 3.16. The van der Waals surface area contributed by atoms with Crippen molar-refractivity contribution in [2.75, 3.05) is 25.6 Å². The number of hydrogen-bond donors (Lipinski definition) is 2. The molecule has 0 spiro atoms. The van der Waals surface area contributed by atoms with Crippen LogP contribution in [0.4, 0.5) is 11.5 Å². The highest BCUT2D eigenvalue weighted by Crippen LogP contribution is 2.44. The van der Waals surface area contributed by atoms with Crippen molar-refractivity contribution in [3.8, 4) is 11.5 Å². The van der Waals surface area contributed by atoms with E-state index in [9.17, 15) is 4.91 Å². The Labute approximate surface area is 178 Å². The van der Waals surface area contributed by atoms with Crippen LogP contribution in [-0.2, 0) is 6.54 Å². The number of rotatable bonds is 7. The van der Waals surface area contributed by atoms with Crippen LogP contribution in [0.25, 0.3) is 11.0 Å². The number of imidazole rings is 1. The van der Waals surface area contributed by atoms with Crippen LogP contribution >= 0.6 is 11.8 Å². The fourth-order valence-corrected chi connectivity index (χ4v) is 4.16. The molecule has 0 atom stereocenters. The van der Waals surface area contributed by atoms with Crippen LogP contribution in [-0.4, -0.2) is 34.4 Å². The van der Waals surface area contributed by atoms with Gasteiger partial charge in [0.05, 0.1) is 5.52 Å². The van der Waals surface area contributed by atoms with Crippen molar-refractivity contribution < 1.29 is 9.47 Å². The minimum absolute atomic E-state index is 0.127. The summed E-state index contributed by atoms with van der Waals surface area (Å²) in [5.74, 6) is 1.47. The Bertz CT molecular complexity index is 1090. The lowest BCUT2D eigenvalue weighted by Gasteiger charge is -2.19. The molecule has 2 aromatic heterocycles. The third-order valence-electron chi connectivity index (χ3n) is 4.58. The normalized spacial score (nSPS) is 13.2. The molecular formula is C20H24N6O3S. The lowest BCUT2D eigenvalue weighted by Crippen LogP contribution is -2.29. The summed E-state index contributed by atoms with van der Waals surface area (Å²) in [6.45, 7) is 9.04. The molecule has 0 bridgehead atoms. The molecule has 30 heavy (non-hydrogen) atoms. The Morgan fingerprint density at radius 1 is 1.30 bits per heavy atom. The molecule has 4 rings (SSSR count). The maximum atomic E-state index is 11.4. The summed E-state index contributed by atoms with van der Waals surface area (Å²) in [5.41, 5.74) is 8.06. The summed E-state index contributed by atoms with van der Waals surface area (Å²) in [4.78, 5) is 20.9. The van der Waals surface area contributed by atoms with Crippen molar-refractivity contribution in [1.29, 1.82) is 0 Å². The van der Waals surface area contributed by atoms with Crippen molar-refractivity contribution >= 4 is 34.3 Å². The lowest BCUT2D eigenvalue weighted by molar-refractivity contribution is 0.174. The van der Waals surface area contributed by atoms with Gasteiger partial charge in [0.1, 0.15) is 11.2 Å². The van der Waals surface area contributed by atoms with E-state index >= 15 is 0 Å². The van der Waals surface area contributed by atoms with E-state index in [4.69, 9.17) is 20.2 Å². The Morgan fingerprint density at radius 2 is 2.07 bits per heavy atom. The molecule has 3 heterocycles. The Balaban J connectivity index is 1.67. The van der Waals surface area contributed by atoms with Gasteiger partial charge in [-0.1, -0.05) is 20.8 Å². The lowest BCUT2D eigenvalue weighted by atomic mass is 9.97. The van der Waals surface area contributed by atoms with Gasteiger partial charge in [-0.25, -0.2) is 9.97 Å². The summed E-state index contributed by atoms with van der Waals surface area (Å²) < 4.78 is 12.9. The molecule has 1 aromatic carbocycles. The van der Waals surface area contributed by atoms with Gasteiger partial charge in [0.15, 0.2) is 22.5 Å². The molecule has 0 unspecified atom stereocenters. The van der Waals surface area contributed by atoms with E-state index in [1.807, 2.05) is 6.07 Å². The molecule has 9 nitrogen and oxygen atoms in total.